The van der Waals surface area contributed by atoms with Gasteiger partial charge in [0.1, 0.15) is 16.2 Å². The molecule has 1 aliphatic rings. The predicted molar refractivity (Wildman–Crippen MR) is 81.4 cm³/mol. The summed E-state index contributed by atoms with van der Waals surface area (Å²) in [6.07, 6.45) is 4.93. The standard InChI is InChI=1S/C14H16N2O2S2/c1-2-9-5-10-12(15-8-16-13(10)20-9)19-7-14(3-4-14)6-11(17)18/h5,8H,2-4,6-7H2,1H3,(H,17,18). The number of carbonyl (C=O) groups is 1. The molecule has 1 saturated carbocycles. The van der Waals surface area contributed by atoms with Gasteiger partial charge in [-0.2, -0.15) is 0 Å². The van der Waals surface area contributed by atoms with E-state index in [-0.39, 0.29) is 11.8 Å². The van der Waals surface area contributed by atoms with Crippen LogP contribution in [0.2, 0.25) is 0 Å². The van der Waals surface area contributed by atoms with Crippen molar-refractivity contribution in [1.29, 1.82) is 0 Å². The first kappa shape index (κ1) is 13.8. The fourth-order valence-corrected chi connectivity index (χ4v) is 4.53. The zero-order chi connectivity index (χ0) is 14.2. The number of hydrogen-bond donors (Lipinski definition) is 1. The quantitative estimate of drug-likeness (QED) is 0.652. The lowest BCUT2D eigenvalue weighted by Gasteiger charge is -2.11. The van der Waals surface area contributed by atoms with Gasteiger partial charge in [-0.3, -0.25) is 4.79 Å². The summed E-state index contributed by atoms with van der Waals surface area (Å²) in [5, 5.41) is 11.1. The smallest absolute Gasteiger partial charge is 0.303 e. The van der Waals surface area contributed by atoms with E-state index in [4.69, 9.17) is 5.11 Å². The average Bonchev–Trinajstić information content (AvgIpc) is 3.03. The Kier molecular flexibility index (Phi) is 3.69. The van der Waals surface area contributed by atoms with Gasteiger partial charge in [0.2, 0.25) is 0 Å². The van der Waals surface area contributed by atoms with Crippen LogP contribution in [0.5, 0.6) is 0 Å². The Morgan fingerprint density at radius 1 is 1.50 bits per heavy atom. The summed E-state index contributed by atoms with van der Waals surface area (Å²) >= 11 is 3.39. The maximum Gasteiger partial charge on any atom is 0.303 e. The first-order valence-corrected chi connectivity index (χ1v) is 8.50. The fraction of sp³-hybridized carbons (Fsp3) is 0.500. The number of rotatable bonds is 6. The Labute approximate surface area is 125 Å². The van der Waals surface area contributed by atoms with E-state index in [1.165, 1.54) is 4.88 Å². The van der Waals surface area contributed by atoms with Gasteiger partial charge in [-0.15, -0.1) is 23.1 Å². The highest BCUT2D eigenvalue weighted by Gasteiger charge is 2.44. The number of fused-ring (bicyclic) bond motifs is 1. The summed E-state index contributed by atoms with van der Waals surface area (Å²) in [6, 6.07) is 2.17. The van der Waals surface area contributed by atoms with E-state index >= 15 is 0 Å². The molecule has 0 aromatic carbocycles. The van der Waals surface area contributed by atoms with Gasteiger partial charge in [0.05, 0.1) is 6.42 Å². The Hall–Kier alpha value is -1.14. The van der Waals surface area contributed by atoms with Crippen molar-refractivity contribution >= 4 is 39.3 Å². The van der Waals surface area contributed by atoms with E-state index in [9.17, 15) is 4.79 Å². The normalized spacial score (nSPS) is 16.4. The summed E-state index contributed by atoms with van der Waals surface area (Å²) in [7, 11) is 0. The van der Waals surface area contributed by atoms with Gasteiger partial charge in [-0.25, -0.2) is 9.97 Å². The highest BCUT2D eigenvalue weighted by atomic mass is 32.2. The molecule has 3 rings (SSSR count). The van der Waals surface area contributed by atoms with Crippen LogP contribution in [0, 0.1) is 5.41 Å². The molecule has 2 aromatic heterocycles. The number of aliphatic carboxylic acids is 1. The van der Waals surface area contributed by atoms with Gasteiger partial charge >= 0.3 is 5.97 Å². The van der Waals surface area contributed by atoms with E-state index in [0.717, 1.165) is 40.3 Å². The number of hydrogen-bond acceptors (Lipinski definition) is 5. The Morgan fingerprint density at radius 2 is 2.30 bits per heavy atom. The van der Waals surface area contributed by atoms with E-state index in [2.05, 4.69) is 23.0 Å². The highest BCUT2D eigenvalue weighted by Crippen LogP contribution is 2.52. The van der Waals surface area contributed by atoms with Gasteiger partial charge in [-0.05, 0) is 30.7 Å². The second-order valence-corrected chi connectivity index (χ2v) is 7.40. The molecule has 0 aliphatic heterocycles. The molecule has 2 aromatic rings. The van der Waals surface area contributed by atoms with Gasteiger partial charge in [0.25, 0.3) is 0 Å². The Balaban J connectivity index is 1.77. The van der Waals surface area contributed by atoms with Gasteiger partial charge in [-0.1, -0.05) is 6.92 Å². The van der Waals surface area contributed by atoms with Crippen molar-refractivity contribution in [1.82, 2.24) is 9.97 Å². The van der Waals surface area contributed by atoms with Crippen LogP contribution in [0.1, 0.15) is 31.1 Å². The third-order valence-corrected chi connectivity index (χ3v) is 6.23. The number of thioether (sulfide) groups is 1. The van der Waals surface area contributed by atoms with Crippen LogP contribution < -0.4 is 0 Å². The summed E-state index contributed by atoms with van der Waals surface area (Å²) < 4.78 is 0. The molecule has 0 atom stereocenters. The lowest BCUT2D eigenvalue weighted by atomic mass is 10.1. The molecule has 0 saturated heterocycles. The van der Waals surface area contributed by atoms with E-state index < -0.39 is 5.97 Å². The number of thiophene rings is 1. The lowest BCUT2D eigenvalue weighted by Crippen LogP contribution is -2.11. The molecule has 0 spiro atoms. The largest absolute Gasteiger partial charge is 0.481 e. The summed E-state index contributed by atoms with van der Waals surface area (Å²) in [6.45, 7) is 2.14. The fourth-order valence-electron chi connectivity index (χ4n) is 2.26. The zero-order valence-corrected chi connectivity index (χ0v) is 12.9. The summed E-state index contributed by atoms with van der Waals surface area (Å²) in [5.41, 5.74) is -0.00260. The van der Waals surface area contributed by atoms with Gasteiger partial charge in [0, 0.05) is 16.0 Å². The lowest BCUT2D eigenvalue weighted by molar-refractivity contribution is -0.138. The molecule has 2 heterocycles. The summed E-state index contributed by atoms with van der Waals surface area (Å²) in [5.74, 6) is 0.141. The van der Waals surface area contributed by atoms with Crippen molar-refractivity contribution in [2.24, 2.45) is 5.41 Å². The van der Waals surface area contributed by atoms with Crippen molar-refractivity contribution in [3.05, 3.63) is 17.3 Å². The van der Waals surface area contributed by atoms with Crippen molar-refractivity contribution in [3.8, 4) is 0 Å². The maximum absolute atomic E-state index is 10.9. The SMILES string of the molecule is CCc1cc2c(SCC3(CC(=O)O)CC3)ncnc2s1. The molecule has 20 heavy (non-hydrogen) atoms. The average molecular weight is 308 g/mol. The minimum Gasteiger partial charge on any atom is -0.481 e. The maximum atomic E-state index is 10.9. The van der Waals surface area contributed by atoms with Crippen LogP contribution in [0.15, 0.2) is 17.4 Å². The second kappa shape index (κ2) is 5.33. The number of carboxylic acid groups (broad SMARTS) is 1. The molecule has 0 amide bonds. The molecule has 1 N–H and O–H groups in total. The molecule has 0 radical (unpaired) electrons. The monoisotopic (exact) mass is 308 g/mol. The van der Waals surface area contributed by atoms with Crippen LogP contribution in [-0.4, -0.2) is 26.8 Å². The van der Waals surface area contributed by atoms with Crippen molar-refractivity contribution in [2.45, 2.75) is 37.6 Å². The molecular formula is C14H16N2O2S2. The molecule has 0 unspecified atom stereocenters. The molecule has 106 valence electrons. The molecule has 4 nitrogen and oxygen atoms in total. The topological polar surface area (TPSA) is 63.1 Å². The molecule has 1 aliphatic carbocycles. The number of aryl methyl sites for hydroxylation is 1. The Morgan fingerprint density at radius 3 is 2.95 bits per heavy atom. The van der Waals surface area contributed by atoms with Gasteiger partial charge < -0.3 is 5.11 Å². The Bertz CT molecular complexity index is 650. The van der Waals surface area contributed by atoms with Crippen LogP contribution >= 0.6 is 23.1 Å². The summed E-state index contributed by atoms with van der Waals surface area (Å²) in [4.78, 5) is 21.9. The van der Waals surface area contributed by atoms with Crippen molar-refractivity contribution in [2.75, 3.05) is 5.75 Å². The predicted octanol–water partition coefficient (Wildman–Crippen LogP) is 3.60. The molecular weight excluding hydrogens is 292 g/mol. The first-order chi connectivity index (χ1) is 9.62. The van der Waals surface area contributed by atoms with Crippen LogP contribution in [0.25, 0.3) is 10.2 Å². The third-order valence-electron chi connectivity index (χ3n) is 3.69. The second-order valence-electron chi connectivity index (χ2n) is 5.32. The van der Waals surface area contributed by atoms with Crippen LogP contribution in [-0.2, 0) is 11.2 Å². The highest BCUT2D eigenvalue weighted by molar-refractivity contribution is 7.99. The van der Waals surface area contributed by atoms with Crippen molar-refractivity contribution < 1.29 is 9.90 Å². The molecule has 1 fully saturated rings. The van der Waals surface area contributed by atoms with E-state index in [0.29, 0.717) is 0 Å². The van der Waals surface area contributed by atoms with E-state index in [1.54, 1.807) is 29.4 Å². The minimum absolute atomic E-state index is 0.00260. The number of nitrogens with zero attached hydrogens (tertiary/aromatic N) is 2. The van der Waals surface area contributed by atoms with Crippen LogP contribution in [0.3, 0.4) is 0 Å². The van der Waals surface area contributed by atoms with Crippen molar-refractivity contribution in [3.63, 3.8) is 0 Å². The van der Waals surface area contributed by atoms with Gasteiger partial charge in [0.15, 0.2) is 0 Å². The minimum atomic E-state index is -0.695. The number of carboxylic acids is 1. The molecule has 6 heteroatoms. The van der Waals surface area contributed by atoms with Crippen LogP contribution in [0.4, 0.5) is 0 Å². The van der Waals surface area contributed by atoms with E-state index in [1.807, 2.05) is 0 Å². The first-order valence-electron chi connectivity index (χ1n) is 6.70. The zero-order valence-electron chi connectivity index (χ0n) is 11.3. The molecule has 0 bridgehead atoms. The number of aromatic nitrogens is 2. The third kappa shape index (κ3) is 2.81.